The minimum absolute atomic E-state index is 0.0523. The van der Waals surface area contributed by atoms with E-state index in [9.17, 15) is 14.4 Å². The molecule has 1 aromatic heterocycles. The second kappa shape index (κ2) is 9.37. The van der Waals surface area contributed by atoms with Crippen molar-refractivity contribution in [2.75, 3.05) is 12.0 Å². The van der Waals surface area contributed by atoms with E-state index in [1.54, 1.807) is 11.8 Å². The number of carbonyl (C=O) groups is 3. The molecule has 0 saturated heterocycles. The third-order valence-electron chi connectivity index (χ3n) is 6.80. The van der Waals surface area contributed by atoms with E-state index in [4.69, 9.17) is 4.74 Å². The number of benzene rings is 1. The number of methoxy groups -OCH3 is 1. The van der Waals surface area contributed by atoms with Crippen molar-refractivity contribution in [1.29, 1.82) is 0 Å². The van der Waals surface area contributed by atoms with E-state index in [2.05, 4.69) is 10.4 Å². The lowest BCUT2D eigenvalue weighted by atomic mass is 9.92. The largest absolute Gasteiger partial charge is 0.464 e. The zero-order valence-corrected chi connectivity index (χ0v) is 19.6. The summed E-state index contributed by atoms with van der Waals surface area (Å²) < 4.78 is 6.24. The van der Waals surface area contributed by atoms with Gasteiger partial charge in [-0.3, -0.25) is 19.2 Å². The summed E-state index contributed by atoms with van der Waals surface area (Å²) in [7, 11) is 1.27. The van der Waals surface area contributed by atoms with E-state index in [0.29, 0.717) is 5.69 Å². The van der Waals surface area contributed by atoms with Crippen LogP contribution in [-0.4, -0.2) is 46.3 Å². The number of hydrogen-bond donors (Lipinski definition) is 1. The Morgan fingerprint density at radius 3 is 2.58 bits per heavy atom. The number of esters is 1. The summed E-state index contributed by atoms with van der Waals surface area (Å²) in [6, 6.07) is 9.23. The monoisotopic (exact) mass is 452 g/mol. The molecule has 33 heavy (non-hydrogen) atoms. The van der Waals surface area contributed by atoms with Crippen molar-refractivity contribution < 1.29 is 19.1 Å². The highest BCUT2D eigenvalue weighted by atomic mass is 16.5. The second-order valence-corrected chi connectivity index (χ2v) is 9.16. The Hall–Kier alpha value is -3.16. The van der Waals surface area contributed by atoms with Crippen LogP contribution in [0.2, 0.25) is 0 Å². The second-order valence-electron chi connectivity index (χ2n) is 9.16. The molecule has 8 nitrogen and oxygen atoms in total. The molecule has 1 aromatic carbocycles. The molecule has 0 radical (unpaired) electrons. The van der Waals surface area contributed by atoms with Gasteiger partial charge in [0.05, 0.1) is 13.7 Å². The van der Waals surface area contributed by atoms with Crippen molar-refractivity contribution in [3.63, 3.8) is 0 Å². The minimum Gasteiger partial charge on any atom is -0.464 e. The lowest BCUT2D eigenvalue weighted by Crippen LogP contribution is -2.65. The van der Waals surface area contributed by atoms with Crippen molar-refractivity contribution in [1.82, 2.24) is 15.1 Å². The molecular weight excluding hydrogens is 420 g/mol. The molecule has 1 N–H and O–H groups in total. The van der Waals surface area contributed by atoms with E-state index in [1.165, 1.54) is 30.7 Å². The standard InChI is InChI=1S/C25H32N4O4/c1-4-17-10-9-13-19(14-17)29-22(30)21-15-20(23(31)33-3)27-28(21)16-25(29,2)24(32)26-18-11-7-5-6-8-12-18/h9-10,13-15,18H,4-8,11-12,16H2,1-3H3,(H,26,32)/t25-/m1/s1. The predicted octanol–water partition coefficient (Wildman–Crippen LogP) is 3.49. The van der Waals surface area contributed by atoms with Crippen LogP contribution >= 0.6 is 0 Å². The molecule has 0 unspecified atom stereocenters. The van der Waals surface area contributed by atoms with Gasteiger partial charge >= 0.3 is 5.97 Å². The fourth-order valence-electron chi connectivity index (χ4n) is 4.87. The number of nitrogens with zero attached hydrogens (tertiary/aromatic N) is 3. The van der Waals surface area contributed by atoms with Gasteiger partial charge in [0.25, 0.3) is 5.91 Å². The topological polar surface area (TPSA) is 93.5 Å². The number of fused-ring (bicyclic) bond motifs is 1. The Balaban J connectivity index is 1.75. The number of aromatic nitrogens is 2. The van der Waals surface area contributed by atoms with Gasteiger partial charge in [-0.15, -0.1) is 0 Å². The van der Waals surface area contributed by atoms with Gasteiger partial charge in [0, 0.05) is 17.8 Å². The van der Waals surface area contributed by atoms with Gasteiger partial charge in [0.15, 0.2) is 5.69 Å². The molecule has 2 heterocycles. The van der Waals surface area contributed by atoms with Gasteiger partial charge in [-0.2, -0.15) is 5.10 Å². The molecule has 4 rings (SSSR count). The fraction of sp³-hybridized carbons (Fsp3) is 0.520. The molecule has 2 aromatic rings. The molecule has 0 bridgehead atoms. The first-order valence-electron chi connectivity index (χ1n) is 11.8. The van der Waals surface area contributed by atoms with Gasteiger partial charge in [-0.05, 0) is 43.9 Å². The molecule has 1 saturated carbocycles. The van der Waals surface area contributed by atoms with Crippen LogP contribution in [0.25, 0.3) is 0 Å². The maximum absolute atomic E-state index is 13.8. The summed E-state index contributed by atoms with van der Waals surface area (Å²) in [5.41, 5.74) is 0.835. The third kappa shape index (κ3) is 4.38. The Bertz CT molecular complexity index is 1050. The van der Waals surface area contributed by atoms with Crippen LogP contribution in [0.4, 0.5) is 5.69 Å². The Morgan fingerprint density at radius 2 is 1.91 bits per heavy atom. The molecule has 1 aliphatic carbocycles. The lowest BCUT2D eigenvalue weighted by molar-refractivity contribution is -0.127. The molecular formula is C25H32N4O4. The first-order chi connectivity index (χ1) is 15.9. The van der Waals surface area contributed by atoms with Gasteiger partial charge in [-0.1, -0.05) is 44.7 Å². The summed E-state index contributed by atoms with van der Waals surface area (Å²) in [5.74, 6) is -1.19. The predicted molar refractivity (Wildman–Crippen MR) is 124 cm³/mol. The summed E-state index contributed by atoms with van der Waals surface area (Å²) >= 11 is 0. The number of hydrogen-bond acceptors (Lipinski definition) is 5. The zero-order valence-electron chi connectivity index (χ0n) is 19.6. The summed E-state index contributed by atoms with van der Waals surface area (Å²) in [4.78, 5) is 41.1. The Morgan fingerprint density at radius 1 is 1.18 bits per heavy atom. The van der Waals surface area contributed by atoms with E-state index < -0.39 is 11.5 Å². The first-order valence-corrected chi connectivity index (χ1v) is 11.8. The quantitative estimate of drug-likeness (QED) is 0.554. The zero-order chi connectivity index (χ0) is 23.6. The van der Waals surface area contributed by atoms with Crippen molar-refractivity contribution >= 4 is 23.5 Å². The van der Waals surface area contributed by atoms with Crippen LogP contribution < -0.4 is 10.2 Å². The van der Waals surface area contributed by atoms with Crippen LogP contribution in [0.1, 0.15) is 78.9 Å². The Kier molecular flexibility index (Phi) is 6.54. The number of rotatable bonds is 5. The van der Waals surface area contributed by atoms with Crippen molar-refractivity contribution in [3.05, 3.63) is 47.3 Å². The molecule has 1 atom stereocenters. The smallest absolute Gasteiger partial charge is 0.358 e. The molecule has 1 aliphatic heterocycles. The van der Waals surface area contributed by atoms with Crippen LogP contribution in [0.5, 0.6) is 0 Å². The van der Waals surface area contributed by atoms with Crippen molar-refractivity contribution in [2.45, 2.75) is 76.9 Å². The highest BCUT2D eigenvalue weighted by Crippen LogP contribution is 2.34. The van der Waals surface area contributed by atoms with Crippen LogP contribution in [0.3, 0.4) is 0 Å². The summed E-state index contributed by atoms with van der Waals surface area (Å²) in [6.45, 7) is 3.96. The number of carbonyl (C=O) groups excluding carboxylic acids is 3. The number of ether oxygens (including phenoxy) is 1. The highest BCUT2D eigenvalue weighted by Gasteiger charge is 2.49. The summed E-state index contributed by atoms with van der Waals surface area (Å²) in [5, 5.41) is 7.51. The number of aryl methyl sites for hydroxylation is 1. The number of amides is 2. The molecule has 176 valence electrons. The summed E-state index contributed by atoms with van der Waals surface area (Å²) in [6.07, 6.45) is 7.26. The maximum atomic E-state index is 13.8. The van der Waals surface area contributed by atoms with Gasteiger partial charge in [0.1, 0.15) is 11.2 Å². The normalized spacial score (nSPS) is 21.3. The average molecular weight is 453 g/mol. The fourth-order valence-corrected chi connectivity index (χ4v) is 4.87. The highest BCUT2D eigenvalue weighted by molar-refractivity contribution is 6.12. The van der Waals surface area contributed by atoms with E-state index in [0.717, 1.165) is 37.7 Å². The SMILES string of the molecule is CCc1cccc(N2C(=O)c3cc(C(=O)OC)nn3C[C@]2(C)C(=O)NC2CCCCCC2)c1. The maximum Gasteiger partial charge on any atom is 0.358 e. The number of anilines is 1. The molecule has 2 aliphatic rings. The van der Waals surface area contributed by atoms with E-state index in [1.807, 2.05) is 31.2 Å². The van der Waals surface area contributed by atoms with Crippen LogP contribution in [0, 0.1) is 0 Å². The van der Waals surface area contributed by atoms with E-state index in [-0.39, 0.29) is 35.8 Å². The average Bonchev–Trinajstić information content (AvgIpc) is 3.07. The van der Waals surface area contributed by atoms with Gasteiger partial charge in [-0.25, -0.2) is 4.79 Å². The van der Waals surface area contributed by atoms with Crippen molar-refractivity contribution in [2.24, 2.45) is 0 Å². The third-order valence-corrected chi connectivity index (χ3v) is 6.80. The molecule has 0 spiro atoms. The van der Waals surface area contributed by atoms with Crippen LogP contribution in [-0.2, 0) is 22.5 Å². The van der Waals surface area contributed by atoms with Crippen LogP contribution in [0.15, 0.2) is 30.3 Å². The number of nitrogens with one attached hydrogen (secondary N) is 1. The molecule has 1 fully saturated rings. The Labute approximate surface area is 194 Å². The van der Waals surface area contributed by atoms with Gasteiger partial charge < -0.3 is 10.1 Å². The van der Waals surface area contributed by atoms with Gasteiger partial charge in [0.2, 0.25) is 5.91 Å². The minimum atomic E-state index is -1.21. The first kappa shape index (κ1) is 23.0. The molecule has 2 amide bonds. The lowest BCUT2D eigenvalue weighted by Gasteiger charge is -2.43. The van der Waals surface area contributed by atoms with E-state index >= 15 is 0 Å². The van der Waals surface area contributed by atoms with Crippen molar-refractivity contribution in [3.8, 4) is 0 Å². The molecule has 8 heteroatoms.